The molecule has 1 heterocycles. The maximum atomic E-state index is 14.0. The maximum absolute atomic E-state index is 14.0. The number of pyridine rings is 1. The molecule has 4 atom stereocenters. The Morgan fingerprint density at radius 2 is 0.847 bits per heavy atom. The summed E-state index contributed by atoms with van der Waals surface area (Å²) in [4.78, 5) is 91.2. The van der Waals surface area contributed by atoms with Crippen molar-refractivity contribution in [3.63, 3.8) is 0 Å². The molecule has 0 spiro atoms. The van der Waals surface area contributed by atoms with Crippen LogP contribution in [0.15, 0.2) is 138 Å². The second-order valence-corrected chi connectivity index (χ2v) is 18.7. The molecule has 0 saturated carbocycles. The van der Waals surface area contributed by atoms with Crippen LogP contribution in [0, 0.1) is 11.8 Å². The minimum Gasteiger partial charge on any atom is -0.378 e. The van der Waals surface area contributed by atoms with Gasteiger partial charge in [0.2, 0.25) is 11.8 Å². The first-order valence-electron chi connectivity index (χ1n) is 23.9. The van der Waals surface area contributed by atoms with Gasteiger partial charge in [-0.1, -0.05) is 113 Å². The highest BCUT2D eigenvalue weighted by atomic mass is 16.2. The lowest BCUT2D eigenvalue weighted by molar-refractivity contribution is -0.130. The van der Waals surface area contributed by atoms with Gasteiger partial charge in [0.05, 0.1) is 23.6 Å². The van der Waals surface area contributed by atoms with Gasteiger partial charge in [-0.3, -0.25) is 33.8 Å². The Bertz CT molecular complexity index is 2460. The molecule has 17 heteroatoms. The first kappa shape index (κ1) is 54.7. The van der Waals surface area contributed by atoms with Crippen LogP contribution >= 0.6 is 0 Å². The van der Waals surface area contributed by atoms with E-state index in [1.54, 1.807) is 0 Å². The minimum atomic E-state index is -1.08. The van der Waals surface area contributed by atoms with Crippen molar-refractivity contribution in [2.45, 2.75) is 77.5 Å². The highest BCUT2D eigenvalue weighted by molar-refractivity contribution is 6.02. The summed E-state index contributed by atoms with van der Waals surface area (Å²) in [6, 6.07) is 30.6. The molecule has 5 aromatic rings. The van der Waals surface area contributed by atoms with E-state index in [1.165, 1.54) is 30.9 Å². The molecule has 6 amide bonds. The van der Waals surface area contributed by atoms with E-state index in [-0.39, 0.29) is 48.6 Å². The summed E-state index contributed by atoms with van der Waals surface area (Å²) in [5.74, 6) is -3.79. The van der Waals surface area contributed by atoms with Gasteiger partial charge in [-0.2, -0.15) is 10.2 Å². The lowest BCUT2D eigenvalue weighted by atomic mass is 10.0. The van der Waals surface area contributed by atoms with E-state index in [1.807, 2.05) is 175 Å². The van der Waals surface area contributed by atoms with Gasteiger partial charge < -0.3 is 31.1 Å². The molecule has 0 aliphatic carbocycles. The predicted molar refractivity (Wildman–Crippen MR) is 283 cm³/mol. The lowest BCUT2D eigenvalue weighted by Crippen LogP contribution is -2.54. The summed E-state index contributed by atoms with van der Waals surface area (Å²) >= 11 is 0. The van der Waals surface area contributed by atoms with Crippen LogP contribution < -0.4 is 41.9 Å². The zero-order valence-electron chi connectivity index (χ0n) is 42.3. The Kier molecular flexibility index (Phi) is 20.7. The third-order valence-electron chi connectivity index (χ3n) is 11.3. The molecule has 0 aliphatic heterocycles. The lowest BCUT2D eigenvalue weighted by Gasteiger charge is -2.24. The third kappa shape index (κ3) is 17.6. The van der Waals surface area contributed by atoms with Crippen LogP contribution in [0.1, 0.15) is 83.5 Å². The predicted octanol–water partition coefficient (Wildman–Crippen LogP) is 5.26. The molecule has 72 heavy (non-hydrogen) atoms. The number of carbonyl (C=O) groups excluding carboxylic acids is 6. The van der Waals surface area contributed by atoms with E-state index in [4.69, 9.17) is 0 Å². The van der Waals surface area contributed by atoms with E-state index in [9.17, 15) is 28.8 Å². The zero-order valence-corrected chi connectivity index (χ0v) is 42.3. The highest BCUT2D eigenvalue weighted by Gasteiger charge is 2.30. The van der Waals surface area contributed by atoms with E-state index < -0.39 is 59.6 Å². The molecular formula is C55H67N11O6. The van der Waals surface area contributed by atoms with Crippen LogP contribution in [0.4, 0.5) is 11.4 Å². The fourth-order valence-electron chi connectivity index (χ4n) is 7.45. The number of carbonyl (C=O) groups is 6. The monoisotopic (exact) mass is 978 g/mol. The van der Waals surface area contributed by atoms with Crippen LogP contribution in [0.3, 0.4) is 0 Å². The molecule has 0 fully saturated rings. The normalized spacial score (nSPS) is 12.9. The standard InChI is InChI=1S/C55H67N11O6/c1-36(2)27-46(52(69)61-48(29-38-15-11-9-12-16-38)54(71)63-57-32-40-19-23-44(24-20-40)65(5)6)59-50(67)42-31-43(35-56-34-42)51(68)60-47(28-37(3)4)53(70)62-49(30-39-17-13-10-14-18-39)55(72)64-58-33-41-21-25-45(26-22-41)66(7)8/h9-26,31-37,46-49H,27-30H2,1-8H3,(H,59,67)(H,60,68)(H,61,69)(H,62,70)(H,63,71)(H,64,72)/t46-,47-,48-,49-/m0/s1. The number of benzene rings is 4. The highest BCUT2D eigenvalue weighted by Crippen LogP contribution is 2.15. The van der Waals surface area contributed by atoms with Crippen molar-refractivity contribution >= 4 is 59.2 Å². The first-order valence-corrected chi connectivity index (χ1v) is 23.9. The Morgan fingerprint density at radius 3 is 1.18 bits per heavy atom. The summed E-state index contributed by atoms with van der Waals surface area (Å²) in [6.07, 6.45) is 6.28. The van der Waals surface area contributed by atoms with E-state index in [0.29, 0.717) is 0 Å². The van der Waals surface area contributed by atoms with Gasteiger partial charge in [0.25, 0.3) is 23.6 Å². The number of anilines is 2. The zero-order chi connectivity index (χ0) is 52.2. The number of amides is 6. The summed E-state index contributed by atoms with van der Waals surface area (Å²) in [5.41, 5.74) is 10.2. The molecule has 0 aliphatic rings. The summed E-state index contributed by atoms with van der Waals surface area (Å²) < 4.78 is 0. The number of aromatic nitrogens is 1. The fraction of sp³-hybridized carbons (Fsp3) is 0.327. The van der Waals surface area contributed by atoms with Crippen molar-refractivity contribution in [1.82, 2.24) is 37.1 Å². The SMILES string of the molecule is CC(C)C[C@H](NC(=O)c1cncc(C(=O)N[C@@H](CC(C)C)C(=O)N[C@@H](Cc2ccccc2)C(=O)NN=Cc2ccc(N(C)C)cc2)c1)C(=O)N[C@@H](Cc1ccccc1)C(=O)NN=Cc1ccc(N(C)C)cc1. The number of hydrazone groups is 2. The Labute approximate surface area is 422 Å². The molecule has 0 saturated heterocycles. The van der Waals surface area contributed by atoms with Crippen molar-refractivity contribution in [3.05, 3.63) is 161 Å². The van der Waals surface area contributed by atoms with Crippen LogP contribution in [0.2, 0.25) is 0 Å². The van der Waals surface area contributed by atoms with Gasteiger partial charge >= 0.3 is 0 Å². The quantitative estimate of drug-likeness (QED) is 0.0351. The second kappa shape index (κ2) is 27.3. The van der Waals surface area contributed by atoms with Crippen molar-refractivity contribution in [3.8, 4) is 0 Å². The van der Waals surface area contributed by atoms with Crippen molar-refractivity contribution in [1.29, 1.82) is 0 Å². The Morgan fingerprint density at radius 1 is 0.486 bits per heavy atom. The van der Waals surface area contributed by atoms with Crippen molar-refractivity contribution < 1.29 is 28.8 Å². The third-order valence-corrected chi connectivity index (χ3v) is 11.3. The Hall–Kier alpha value is -8.21. The Balaban J connectivity index is 1.27. The van der Waals surface area contributed by atoms with Crippen LogP contribution in [-0.4, -0.2) is 105 Å². The topological polar surface area (TPSA) is 219 Å². The average molecular weight is 978 g/mol. The molecular weight excluding hydrogens is 911 g/mol. The van der Waals surface area contributed by atoms with Gasteiger partial charge in [-0.25, -0.2) is 10.9 Å². The average Bonchev–Trinajstić information content (AvgIpc) is 3.36. The number of nitrogens with zero attached hydrogens (tertiary/aromatic N) is 5. The van der Waals surface area contributed by atoms with Crippen molar-refractivity contribution in [2.75, 3.05) is 38.0 Å². The van der Waals surface area contributed by atoms with E-state index in [0.717, 1.165) is 33.6 Å². The van der Waals surface area contributed by atoms with E-state index in [2.05, 4.69) is 47.3 Å². The molecule has 1 aromatic heterocycles. The summed E-state index contributed by atoms with van der Waals surface area (Å²) in [5, 5.41) is 19.5. The van der Waals surface area contributed by atoms with Crippen LogP contribution in [0.25, 0.3) is 0 Å². The second-order valence-electron chi connectivity index (χ2n) is 18.7. The van der Waals surface area contributed by atoms with Gasteiger partial charge in [-0.15, -0.1) is 0 Å². The number of hydrogen-bond donors (Lipinski definition) is 6. The number of nitrogens with one attached hydrogen (secondary N) is 6. The summed E-state index contributed by atoms with van der Waals surface area (Å²) in [6.45, 7) is 7.59. The van der Waals surface area contributed by atoms with Gasteiger partial charge in [0, 0.05) is 64.8 Å². The maximum Gasteiger partial charge on any atom is 0.262 e. The first-order chi connectivity index (χ1) is 34.4. The summed E-state index contributed by atoms with van der Waals surface area (Å²) in [7, 11) is 7.75. The van der Waals surface area contributed by atoms with Gasteiger partial charge in [-0.05, 0) is 77.3 Å². The molecule has 6 N–H and O–H groups in total. The smallest absolute Gasteiger partial charge is 0.262 e. The largest absolute Gasteiger partial charge is 0.378 e. The number of hydrogen-bond acceptors (Lipinski definition) is 11. The fourth-order valence-corrected chi connectivity index (χ4v) is 7.45. The molecule has 378 valence electrons. The number of rotatable bonds is 24. The van der Waals surface area contributed by atoms with Gasteiger partial charge in [0.1, 0.15) is 24.2 Å². The molecule has 0 radical (unpaired) electrons. The van der Waals surface area contributed by atoms with Gasteiger partial charge in [0.15, 0.2) is 0 Å². The minimum absolute atomic E-state index is 0.0191. The molecule has 0 unspecified atom stereocenters. The van der Waals surface area contributed by atoms with Crippen molar-refractivity contribution in [2.24, 2.45) is 22.0 Å². The molecule has 5 rings (SSSR count). The van der Waals surface area contributed by atoms with Crippen LogP contribution in [-0.2, 0) is 32.0 Å². The molecule has 0 bridgehead atoms. The molecule has 4 aromatic carbocycles. The van der Waals surface area contributed by atoms with Crippen LogP contribution in [0.5, 0.6) is 0 Å². The molecule has 17 nitrogen and oxygen atoms in total. The van der Waals surface area contributed by atoms with E-state index >= 15 is 0 Å².